The summed E-state index contributed by atoms with van der Waals surface area (Å²) in [6, 6.07) is 1.72. The van der Waals surface area contributed by atoms with Crippen LogP contribution in [0.3, 0.4) is 0 Å². The van der Waals surface area contributed by atoms with Crippen molar-refractivity contribution in [1.82, 2.24) is 9.97 Å². The van der Waals surface area contributed by atoms with Crippen molar-refractivity contribution in [2.45, 2.75) is 32.3 Å². The van der Waals surface area contributed by atoms with Gasteiger partial charge in [-0.3, -0.25) is 0 Å². The first-order valence-corrected chi connectivity index (χ1v) is 5.99. The van der Waals surface area contributed by atoms with Crippen LogP contribution in [-0.2, 0) is 0 Å². The highest BCUT2D eigenvalue weighted by Gasteiger charge is 2.28. The van der Waals surface area contributed by atoms with Gasteiger partial charge in [0.15, 0.2) is 0 Å². The Kier molecular flexibility index (Phi) is 3.78. The van der Waals surface area contributed by atoms with Crippen molar-refractivity contribution in [3.8, 4) is 11.8 Å². The van der Waals surface area contributed by atoms with Crippen LogP contribution in [0.25, 0.3) is 0 Å². The molecule has 2 atom stereocenters. The lowest BCUT2D eigenvalue weighted by Crippen LogP contribution is -2.28. The van der Waals surface area contributed by atoms with E-state index in [4.69, 9.17) is 15.2 Å². The first-order valence-electron chi connectivity index (χ1n) is 5.99. The van der Waals surface area contributed by atoms with Crippen molar-refractivity contribution in [3.63, 3.8) is 0 Å². The minimum absolute atomic E-state index is 0.180. The Morgan fingerprint density at radius 2 is 2.12 bits per heavy atom. The normalized spacial score (nSPS) is 23.7. The summed E-state index contributed by atoms with van der Waals surface area (Å²) in [6.07, 6.45) is 3.54. The molecule has 1 heterocycles. The maximum atomic E-state index is 5.89. The minimum Gasteiger partial charge on any atom is -0.481 e. The molecule has 1 aromatic heterocycles. The molecule has 1 saturated carbocycles. The summed E-state index contributed by atoms with van der Waals surface area (Å²) >= 11 is 0. The molecule has 1 aliphatic carbocycles. The van der Waals surface area contributed by atoms with Crippen LogP contribution in [0, 0.1) is 12.8 Å². The van der Waals surface area contributed by atoms with Gasteiger partial charge in [-0.1, -0.05) is 0 Å². The average Bonchev–Trinajstić information content (AvgIpc) is 2.75. The molecule has 0 aromatic carbocycles. The monoisotopic (exact) mass is 237 g/mol. The fraction of sp³-hybridized carbons (Fsp3) is 0.667. The minimum atomic E-state index is 0.180. The Hall–Kier alpha value is -1.36. The van der Waals surface area contributed by atoms with Crippen molar-refractivity contribution in [2.75, 3.05) is 13.7 Å². The van der Waals surface area contributed by atoms with Crippen LogP contribution < -0.4 is 15.2 Å². The zero-order valence-electron chi connectivity index (χ0n) is 10.3. The molecule has 0 amide bonds. The fourth-order valence-electron chi connectivity index (χ4n) is 2.26. The summed E-state index contributed by atoms with van der Waals surface area (Å²) in [5.41, 5.74) is 5.73. The van der Waals surface area contributed by atoms with Gasteiger partial charge in [0, 0.05) is 5.92 Å². The number of hydrogen-bond donors (Lipinski definition) is 1. The summed E-state index contributed by atoms with van der Waals surface area (Å²) in [6.45, 7) is 2.50. The third-order valence-corrected chi connectivity index (χ3v) is 3.16. The van der Waals surface area contributed by atoms with Gasteiger partial charge in [0.25, 0.3) is 0 Å². The van der Waals surface area contributed by atoms with Crippen LogP contribution in [0.4, 0.5) is 0 Å². The standard InChI is InChI=1S/C12H19N3O2/c1-8-14-11(16-2)6-12(15-8)17-10-5-3-4-9(10)7-13/h6,9-10H,3-5,7,13H2,1-2H3. The molecular weight excluding hydrogens is 218 g/mol. The number of aromatic nitrogens is 2. The summed E-state index contributed by atoms with van der Waals surface area (Å²) in [4.78, 5) is 8.39. The number of nitrogens with two attached hydrogens (primary N) is 1. The van der Waals surface area contributed by atoms with E-state index < -0.39 is 0 Å². The molecule has 5 nitrogen and oxygen atoms in total. The van der Waals surface area contributed by atoms with Crippen molar-refractivity contribution in [2.24, 2.45) is 11.7 Å². The largest absolute Gasteiger partial charge is 0.481 e. The lowest BCUT2D eigenvalue weighted by Gasteiger charge is -2.19. The van der Waals surface area contributed by atoms with Crippen molar-refractivity contribution >= 4 is 0 Å². The number of aryl methyl sites for hydroxylation is 1. The number of rotatable bonds is 4. The topological polar surface area (TPSA) is 70.3 Å². The van der Waals surface area contributed by atoms with Crippen LogP contribution in [0.5, 0.6) is 11.8 Å². The highest BCUT2D eigenvalue weighted by atomic mass is 16.5. The summed E-state index contributed by atoms with van der Waals surface area (Å²) in [7, 11) is 1.59. The maximum absolute atomic E-state index is 5.89. The molecule has 0 radical (unpaired) electrons. The van der Waals surface area contributed by atoms with Gasteiger partial charge in [0.2, 0.25) is 11.8 Å². The molecule has 0 spiro atoms. The van der Waals surface area contributed by atoms with Crippen molar-refractivity contribution in [1.29, 1.82) is 0 Å². The molecule has 1 fully saturated rings. The Labute approximate surface area is 101 Å². The van der Waals surface area contributed by atoms with E-state index in [0.29, 0.717) is 30.0 Å². The van der Waals surface area contributed by atoms with E-state index in [0.717, 1.165) is 12.8 Å². The van der Waals surface area contributed by atoms with E-state index in [1.165, 1.54) is 6.42 Å². The molecular formula is C12H19N3O2. The predicted molar refractivity (Wildman–Crippen MR) is 64.1 cm³/mol. The SMILES string of the molecule is COc1cc(OC2CCCC2CN)nc(C)n1. The highest BCUT2D eigenvalue weighted by molar-refractivity contribution is 5.21. The molecule has 2 unspecified atom stereocenters. The van der Waals surface area contributed by atoms with Crippen LogP contribution in [0.2, 0.25) is 0 Å². The van der Waals surface area contributed by atoms with Gasteiger partial charge in [0.05, 0.1) is 13.2 Å². The summed E-state index contributed by atoms with van der Waals surface area (Å²) < 4.78 is 11.0. The third-order valence-electron chi connectivity index (χ3n) is 3.16. The lowest BCUT2D eigenvalue weighted by molar-refractivity contribution is 0.154. The molecule has 1 aromatic rings. The van der Waals surface area contributed by atoms with E-state index in [9.17, 15) is 0 Å². The number of hydrogen-bond acceptors (Lipinski definition) is 5. The molecule has 2 rings (SSSR count). The second-order valence-corrected chi connectivity index (χ2v) is 4.38. The highest BCUT2D eigenvalue weighted by Crippen LogP contribution is 2.29. The average molecular weight is 237 g/mol. The van der Waals surface area contributed by atoms with E-state index in [1.54, 1.807) is 13.2 Å². The molecule has 0 aliphatic heterocycles. The van der Waals surface area contributed by atoms with Crippen molar-refractivity contribution in [3.05, 3.63) is 11.9 Å². The molecule has 1 aliphatic rings. The molecule has 2 N–H and O–H groups in total. The van der Waals surface area contributed by atoms with E-state index in [2.05, 4.69) is 9.97 Å². The second kappa shape index (κ2) is 5.31. The zero-order valence-corrected chi connectivity index (χ0v) is 10.3. The Morgan fingerprint density at radius 3 is 2.82 bits per heavy atom. The van der Waals surface area contributed by atoms with Gasteiger partial charge in [0.1, 0.15) is 11.9 Å². The van der Waals surface area contributed by atoms with Gasteiger partial charge in [-0.2, -0.15) is 9.97 Å². The fourth-order valence-corrected chi connectivity index (χ4v) is 2.26. The van der Waals surface area contributed by atoms with E-state index in [-0.39, 0.29) is 6.10 Å². The second-order valence-electron chi connectivity index (χ2n) is 4.38. The van der Waals surface area contributed by atoms with E-state index in [1.807, 2.05) is 6.92 Å². The zero-order chi connectivity index (χ0) is 12.3. The molecule has 17 heavy (non-hydrogen) atoms. The molecule has 0 bridgehead atoms. The Balaban J connectivity index is 2.09. The number of ether oxygens (including phenoxy) is 2. The number of nitrogens with zero attached hydrogens (tertiary/aromatic N) is 2. The molecule has 5 heteroatoms. The van der Waals surface area contributed by atoms with Crippen LogP contribution in [0.1, 0.15) is 25.1 Å². The Morgan fingerprint density at radius 1 is 1.35 bits per heavy atom. The number of methoxy groups -OCH3 is 1. The van der Waals surface area contributed by atoms with Crippen LogP contribution in [0.15, 0.2) is 6.07 Å². The Bertz CT molecular complexity index is 384. The molecule has 0 saturated heterocycles. The summed E-state index contributed by atoms with van der Waals surface area (Å²) in [5.74, 6) is 2.22. The van der Waals surface area contributed by atoms with E-state index >= 15 is 0 Å². The first-order chi connectivity index (χ1) is 8.22. The molecule has 94 valence electrons. The van der Waals surface area contributed by atoms with Gasteiger partial charge in [-0.05, 0) is 32.7 Å². The van der Waals surface area contributed by atoms with Crippen LogP contribution in [-0.4, -0.2) is 29.7 Å². The van der Waals surface area contributed by atoms with Gasteiger partial charge < -0.3 is 15.2 Å². The van der Waals surface area contributed by atoms with Gasteiger partial charge >= 0.3 is 0 Å². The van der Waals surface area contributed by atoms with Crippen LogP contribution >= 0.6 is 0 Å². The maximum Gasteiger partial charge on any atom is 0.220 e. The quantitative estimate of drug-likeness (QED) is 0.854. The summed E-state index contributed by atoms with van der Waals surface area (Å²) in [5, 5.41) is 0. The smallest absolute Gasteiger partial charge is 0.220 e. The first kappa shape index (κ1) is 12.1. The predicted octanol–water partition coefficient (Wildman–Crippen LogP) is 1.30. The van der Waals surface area contributed by atoms with Gasteiger partial charge in [-0.25, -0.2) is 0 Å². The van der Waals surface area contributed by atoms with Crippen molar-refractivity contribution < 1.29 is 9.47 Å². The van der Waals surface area contributed by atoms with Gasteiger partial charge in [-0.15, -0.1) is 0 Å². The third kappa shape index (κ3) is 2.85. The lowest BCUT2D eigenvalue weighted by atomic mass is 10.1.